The maximum Gasteiger partial charge on any atom is 0.226 e. The van der Waals surface area contributed by atoms with Crippen LogP contribution < -0.4 is 15.4 Å². The molecule has 0 saturated heterocycles. The van der Waals surface area contributed by atoms with Gasteiger partial charge < -0.3 is 19.8 Å². The van der Waals surface area contributed by atoms with E-state index in [1.54, 1.807) is 36.6 Å². The molecule has 1 aromatic carbocycles. The van der Waals surface area contributed by atoms with Crippen LogP contribution in [0.3, 0.4) is 0 Å². The van der Waals surface area contributed by atoms with Gasteiger partial charge in [0.25, 0.3) is 0 Å². The Hall–Kier alpha value is -2.05. The van der Waals surface area contributed by atoms with Gasteiger partial charge in [-0.2, -0.15) is 0 Å². The number of hydrogen-bond donors (Lipinski definition) is 2. The van der Waals surface area contributed by atoms with Crippen molar-refractivity contribution in [2.24, 2.45) is 0 Å². The van der Waals surface area contributed by atoms with Crippen LogP contribution in [0.5, 0.6) is 5.75 Å². The lowest BCUT2D eigenvalue weighted by Crippen LogP contribution is -2.38. The molecule has 122 valence electrons. The number of carbonyl (C=O) groups is 1. The molecular weight excluding hydrogens is 336 g/mol. The monoisotopic (exact) mass is 352 g/mol. The molecule has 1 aromatic heterocycles. The van der Waals surface area contributed by atoms with Crippen LogP contribution in [0, 0.1) is 0 Å². The fourth-order valence-electron chi connectivity index (χ4n) is 1.77. The van der Waals surface area contributed by atoms with Crippen molar-refractivity contribution in [2.45, 2.75) is 19.4 Å². The first kappa shape index (κ1) is 17.3. The van der Waals surface area contributed by atoms with Crippen molar-refractivity contribution < 1.29 is 13.9 Å². The summed E-state index contributed by atoms with van der Waals surface area (Å²) in [4.78, 5) is 11.7. The third-order valence-electron chi connectivity index (χ3n) is 2.89. The Morgan fingerprint density at radius 1 is 1.26 bits per heavy atom. The second-order valence-corrected chi connectivity index (χ2v) is 5.56. The second kappa shape index (κ2) is 9.17. The summed E-state index contributed by atoms with van der Waals surface area (Å²) in [5, 5.41) is 6.46. The van der Waals surface area contributed by atoms with Crippen LogP contribution in [0.15, 0.2) is 47.1 Å². The summed E-state index contributed by atoms with van der Waals surface area (Å²) in [5.41, 5.74) is 0. The van der Waals surface area contributed by atoms with E-state index in [-0.39, 0.29) is 11.0 Å². The molecule has 0 spiro atoms. The molecule has 0 bridgehead atoms. The molecule has 0 saturated carbocycles. The highest BCUT2D eigenvalue weighted by Gasteiger charge is 2.05. The summed E-state index contributed by atoms with van der Waals surface area (Å²) in [7, 11) is 0. The van der Waals surface area contributed by atoms with Gasteiger partial charge in [-0.15, -0.1) is 0 Å². The van der Waals surface area contributed by atoms with Crippen LogP contribution in [0.25, 0.3) is 0 Å². The van der Waals surface area contributed by atoms with Crippen LogP contribution in [0.4, 0.5) is 0 Å². The molecule has 2 aromatic rings. The largest absolute Gasteiger partial charge is 0.494 e. The number of nitrogens with one attached hydrogen (secondary N) is 2. The smallest absolute Gasteiger partial charge is 0.226 e. The highest BCUT2D eigenvalue weighted by Crippen LogP contribution is 2.15. The molecule has 0 atom stereocenters. The Morgan fingerprint density at radius 2 is 2.04 bits per heavy atom. The Balaban J connectivity index is 1.57. The van der Waals surface area contributed by atoms with Crippen LogP contribution in [0.2, 0.25) is 5.02 Å². The lowest BCUT2D eigenvalue weighted by Gasteiger charge is -2.09. The molecule has 0 aliphatic heterocycles. The summed E-state index contributed by atoms with van der Waals surface area (Å²) in [6, 6.07) is 10.7. The van der Waals surface area contributed by atoms with E-state index >= 15 is 0 Å². The molecule has 23 heavy (non-hydrogen) atoms. The van der Waals surface area contributed by atoms with E-state index in [0.717, 1.165) is 11.5 Å². The van der Waals surface area contributed by atoms with Gasteiger partial charge in [-0.25, -0.2) is 0 Å². The number of thiocarbonyl (C=S) groups is 1. The van der Waals surface area contributed by atoms with Crippen LogP contribution in [0.1, 0.15) is 18.6 Å². The highest BCUT2D eigenvalue weighted by molar-refractivity contribution is 7.80. The summed E-state index contributed by atoms with van der Waals surface area (Å²) in [6.07, 6.45) is 2.50. The van der Waals surface area contributed by atoms with Gasteiger partial charge in [0.15, 0.2) is 5.11 Å². The Morgan fingerprint density at radius 3 is 2.74 bits per heavy atom. The molecule has 2 rings (SSSR count). The molecule has 2 N–H and O–H groups in total. The predicted molar refractivity (Wildman–Crippen MR) is 92.5 cm³/mol. The third-order valence-corrected chi connectivity index (χ3v) is 3.39. The van der Waals surface area contributed by atoms with Crippen LogP contribution in [-0.4, -0.2) is 17.6 Å². The zero-order valence-corrected chi connectivity index (χ0v) is 14.0. The van der Waals surface area contributed by atoms with E-state index in [1.807, 2.05) is 6.07 Å². The van der Waals surface area contributed by atoms with E-state index in [2.05, 4.69) is 10.6 Å². The van der Waals surface area contributed by atoms with E-state index in [4.69, 9.17) is 33.0 Å². The molecule has 0 fully saturated rings. The van der Waals surface area contributed by atoms with Gasteiger partial charge in [-0.3, -0.25) is 4.79 Å². The molecule has 0 aliphatic carbocycles. The minimum atomic E-state index is -0.151. The average Bonchev–Trinajstić information content (AvgIpc) is 3.05. The Labute approximate surface area is 145 Å². The van der Waals surface area contributed by atoms with Gasteiger partial charge in [-0.05, 0) is 55.0 Å². The van der Waals surface area contributed by atoms with Gasteiger partial charge in [0.1, 0.15) is 11.5 Å². The normalized spacial score (nSPS) is 10.1. The second-order valence-electron chi connectivity index (χ2n) is 4.72. The quantitative estimate of drug-likeness (QED) is 0.591. The van der Waals surface area contributed by atoms with E-state index < -0.39 is 0 Å². The molecule has 1 heterocycles. The van der Waals surface area contributed by atoms with Crippen LogP contribution in [-0.2, 0) is 11.3 Å². The summed E-state index contributed by atoms with van der Waals surface area (Å²) >= 11 is 10.8. The van der Waals surface area contributed by atoms with Gasteiger partial charge >= 0.3 is 0 Å². The predicted octanol–water partition coefficient (Wildman–Crippen LogP) is 3.28. The SMILES string of the molecule is O=C(CCCOc1ccc(Cl)cc1)NC(=S)NCc1ccco1. The minimum Gasteiger partial charge on any atom is -0.494 e. The number of amides is 1. The molecule has 0 aliphatic rings. The third kappa shape index (κ3) is 6.71. The van der Waals surface area contributed by atoms with E-state index in [9.17, 15) is 4.79 Å². The van der Waals surface area contributed by atoms with Crippen molar-refractivity contribution in [3.63, 3.8) is 0 Å². The summed E-state index contributed by atoms with van der Waals surface area (Å²) in [6.45, 7) is 0.882. The maximum absolute atomic E-state index is 11.7. The lowest BCUT2D eigenvalue weighted by atomic mass is 10.3. The molecule has 0 unspecified atom stereocenters. The number of carbonyl (C=O) groups excluding carboxylic acids is 1. The average molecular weight is 353 g/mol. The lowest BCUT2D eigenvalue weighted by molar-refractivity contribution is -0.119. The topological polar surface area (TPSA) is 63.5 Å². The number of rotatable bonds is 7. The standard InChI is InChI=1S/C16H17ClN2O3S/c17-12-5-7-13(8-6-12)21-10-2-4-15(20)19-16(23)18-11-14-3-1-9-22-14/h1,3,5-9H,2,4,10-11H2,(H2,18,19,20,23). The molecule has 0 radical (unpaired) electrons. The maximum atomic E-state index is 11.7. The zero-order valence-electron chi connectivity index (χ0n) is 12.4. The summed E-state index contributed by atoms with van der Waals surface area (Å²) in [5.74, 6) is 1.32. The first-order valence-corrected chi connectivity index (χ1v) is 7.90. The first-order chi connectivity index (χ1) is 11.1. The zero-order chi connectivity index (χ0) is 16.5. The Bertz CT molecular complexity index is 629. The van der Waals surface area contributed by atoms with Gasteiger partial charge in [-0.1, -0.05) is 11.6 Å². The Kier molecular flexibility index (Phi) is 6.90. The fraction of sp³-hybridized carbons (Fsp3) is 0.250. The van der Waals surface area contributed by atoms with Crippen molar-refractivity contribution in [1.29, 1.82) is 0 Å². The van der Waals surface area contributed by atoms with Crippen molar-refractivity contribution in [3.8, 4) is 5.75 Å². The first-order valence-electron chi connectivity index (χ1n) is 7.12. The van der Waals surface area contributed by atoms with Crippen molar-refractivity contribution in [2.75, 3.05) is 6.61 Å². The van der Waals surface area contributed by atoms with Gasteiger partial charge in [0.05, 0.1) is 19.4 Å². The minimum absolute atomic E-state index is 0.151. The molecule has 7 heteroatoms. The van der Waals surface area contributed by atoms with Crippen LogP contribution >= 0.6 is 23.8 Å². The number of halogens is 1. The van der Waals surface area contributed by atoms with Crippen molar-refractivity contribution >= 4 is 34.8 Å². The number of ether oxygens (including phenoxy) is 1. The number of benzene rings is 1. The molecule has 1 amide bonds. The summed E-state index contributed by atoms with van der Waals surface area (Å²) < 4.78 is 10.7. The van der Waals surface area contributed by atoms with Gasteiger partial charge in [0.2, 0.25) is 5.91 Å². The van der Waals surface area contributed by atoms with Gasteiger partial charge in [0, 0.05) is 11.4 Å². The highest BCUT2D eigenvalue weighted by atomic mass is 35.5. The fourth-order valence-corrected chi connectivity index (χ4v) is 2.08. The number of furan rings is 1. The number of hydrogen-bond acceptors (Lipinski definition) is 4. The van der Waals surface area contributed by atoms with Crippen molar-refractivity contribution in [3.05, 3.63) is 53.4 Å². The molecular formula is C16H17ClN2O3S. The molecule has 5 nitrogen and oxygen atoms in total. The van der Waals surface area contributed by atoms with E-state index in [0.29, 0.717) is 31.0 Å². The van der Waals surface area contributed by atoms with Crippen molar-refractivity contribution in [1.82, 2.24) is 10.6 Å². The van der Waals surface area contributed by atoms with E-state index in [1.165, 1.54) is 0 Å².